The maximum atomic E-state index is 13.1. The van der Waals surface area contributed by atoms with Crippen molar-refractivity contribution in [3.05, 3.63) is 70.0 Å². The molecule has 0 atom stereocenters. The van der Waals surface area contributed by atoms with Gasteiger partial charge in [-0.05, 0) is 30.2 Å². The first kappa shape index (κ1) is 20.1. The topological polar surface area (TPSA) is 70.4 Å². The Bertz CT molecular complexity index is 1020. The Morgan fingerprint density at radius 3 is 2.64 bits per heavy atom. The van der Waals surface area contributed by atoms with Gasteiger partial charge in [-0.25, -0.2) is 9.78 Å². The molecule has 1 heterocycles. The van der Waals surface area contributed by atoms with Crippen molar-refractivity contribution < 1.29 is 14.3 Å². The SMILES string of the molecule is COCCCn1c(SCc2ccccc2)nc2cc(C(=O)OC)ccc2c1=O. The molecule has 0 amide bonds. The standard InChI is InChI=1S/C21H22N2O4S/c1-26-12-6-11-23-19(24)17-10-9-16(20(25)27-2)13-18(17)22-21(23)28-14-15-7-4-3-5-8-15/h3-5,7-10,13H,6,11-12,14H2,1-2H3. The molecule has 7 heteroatoms. The molecule has 28 heavy (non-hydrogen) atoms. The van der Waals surface area contributed by atoms with Crippen molar-refractivity contribution in [2.45, 2.75) is 23.9 Å². The van der Waals surface area contributed by atoms with Gasteiger partial charge in [-0.15, -0.1) is 0 Å². The number of rotatable bonds is 8. The highest BCUT2D eigenvalue weighted by Gasteiger charge is 2.14. The van der Waals surface area contributed by atoms with E-state index in [0.717, 1.165) is 5.56 Å². The summed E-state index contributed by atoms with van der Waals surface area (Å²) in [5.41, 5.74) is 1.89. The van der Waals surface area contributed by atoms with Gasteiger partial charge in [-0.2, -0.15) is 0 Å². The molecular weight excluding hydrogens is 376 g/mol. The van der Waals surface area contributed by atoms with Crippen LogP contribution in [0.15, 0.2) is 58.5 Å². The molecule has 0 fully saturated rings. The summed E-state index contributed by atoms with van der Waals surface area (Å²) in [5, 5.41) is 1.11. The van der Waals surface area contributed by atoms with Crippen LogP contribution in [0, 0.1) is 0 Å². The second-order valence-corrected chi connectivity index (χ2v) is 7.14. The third kappa shape index (κ3) is 4.61. The van der Waals surface area contributed by atoms with Crippen LogP contribution in [0.1, 0.15) is 22.3 Å². The highest BCUT2D eigenvalue weighted by Crippen LogP contribution is 2.23. The first-order chi connectivity index (χ1) is 13.6. The van der Waals surface area contributed by atoms with E-state index in [-0.39, 0.29) is 5.56 Å². The lowest BCUT2D eigenvalue weighted by Crippen LogP contribution is -2.24. The summed E-state index contributed by atoms with van der Waals surface area (Å²) in [6.45, 7) is 1.08. The number of nitrogens with zero attached hydrogens (tertiary/aromatic N) is 2. The van der Waals surface area contributed by atoms with Crippen molar-refractivity contribution in [3.8, 4) is 0 Å². The smallest absolute Gasteiger partial charge is 0.337 e. The number of fused-ring (bicyclic) bond motifs is 1. The van der Waals surface area contributed by atoms with Gasteiger partial charge in [-0.1, -0.05) is 42.1 Å². The van der Waals surface area contributed by atoms with E-state index in [0.29, 0.717) is 46.9 Å². The van der Waals surface area contributed by atoms with Crippen molar-refractivity contribution >= 4 is 28.6 Å². The third-order valence-corrected chi connectivity index (χ3v) is 5.33. The Morgan fingerprint density at radius 1 is 1.14 bits per heavy atom. The molecule has 0 saturated carbocycles. The molecule has 3 rings (SSSR count). The molecule has 3 aromatic rings. The van der Waals surface area contributed by atoms with Crippen molar-refractivity contribution in [3.63, 3.8) is 0 Å². The zero-order chi connectivity index (χ0) is 19.9. The van der Waals surface area contributed by atoms with Crippen molar-refractivity contribution in [1.29, 1.82) is 0 Å². The summed E-state index contributed by atoms with van der Waals surface area (Å²) >= 11 is 1.50. The predicted octanol–water partition coefficient (Wildman–Crippen LogP) is 3.51. The first-order valence-electron chi connectivity index (χ1n) is 8.92. The molecule has 0 spiro atoms. The Balaban J connectivity index is 2.01. The normalized spacial score (nSPS) is 10.9. The lowest BCUT2D eigenvalue weighted by Gasteiger charge is -2.13. The van der Waals surface area contributed by atoms with E-state index in [1.807, 2.05) is 30.3 Å². The van der Waals surface area contributed by atoms with Crippen LogP contribution in [-0.2, 0) is 21.8 Å². The molecule has 2 aromatic carbocycles. The van der Waals surface area contributed by atoms with Gasteiger partial charge in [0.15, 0.2) is 5.16 Å². The lowest BCUT2D eigenvalue weighted by atomic mass is 10.1. The molecule has 0 aliphatic rings. The quantitative estimate of drug-likeness (QED) is 0.250. The molecule has 0 bridgehead atoms. The van der Waals surface area contributed by atoms with E-state index < -0.39 is 5.97 Å². The number of benzene rings is 2. The van der Waals surface area contributed by atoms with E-state index in [9.17, 15) is 9.59 Å². The largest absolute Gasteiger partial charge is 0.465 e. The molecule has 0 saturated heterocycles. The fourth-order valence-electron chi connectivity index (χ4n) is 2.84. The van der Waals surface area contributed by atoms with Crippen LogP contribution in [0.3, 0.4) is 0 Å². The molecule has 6 nitrogen and oxygen atoms in total. The fraction of sp³-hybridized carbons (Fsp3) is 0.286. The summed E-state index contributed by atoms with van der Waals surface area (Å²) in [4.78, 5) is 29.6. The second-order valence-electron chi connectivity index (χ2n) is 6.20. The highest BCUT2D eigenvalue weighted by atomic mass is 32.2. The Labute approximate surface area is 167 Å². The first-order valence-corrected chi connectivity index (χ1v) is 9.91. The zero-order valence-corrected chi connectivity index (χ0v) is 16.7. The number of carbonyl (C=O) groups excluding carboxylic acids is 1. The summed E-state index contributed by atoms with van der Waals surface area (Å²) < 4.78 is 11.6. The van der Waals surface area contributed by atoms with Gasteiger partial charge in [0.05, 0.1) is 23.6 Å². The number of hydrogen-bond donors (Lipinski definition) is 0. The van der Waals surface area contributed by atoms with Gasteiger partial charge in [-0.3, -0.25) is 9.36 Å². The lowest BCUT2D eigenvalue weighted by molar-refractivity contribution is 0.0601. The van der Waals surface area contributed by atoms with Crippen LogP contribution in [0.4, 0.5) is 0 Å². The van der Waals surface area contributed by atoms with Gasteiger partial charge >= 0.3 is 5.97 Å². The van der Waals surface area contributed by atoms with Gasteiger partial charge < -0.3 is 9.47 Å². The second kappa shape index (κ2) is 9.52. The molecule has 0 N–H and O–H groups in total. The number of methoxy groups -OCH3 is 2. The Morgan fingerprint density at radius 2 is 1.93 bits per heavy atom. The van der Waals surface area contributed by atoms with Crippen LogP contribution < -0.4 is 5.56 Å². The van der Waals surface area contributed by atoms with Gasteiger partial charge in [0.2, 0.25) is 0 Å². The van der Waals surface area contributed by atoms with E-state index >= 15 is 0 Å². The minimum Gasteiger partial charge on any atom is -0.465 e. The number of esters is 1. The zero-order valence-electron chi connectivity index (χ0n) is 15.9. The molecule has 0 aliphatic carbocycles. The summed E-state index contributed by atoms with van der Waals surface area (Å²) in [6.07, 6.45) is 0.711. The van der Waals surface area contributed by atoms with Crippen LogP contribution >= 0.6 is 11.8 Å². The molecular formula is C21H22N2O4S. The maximum absolute atomic E-state index is 13.1. The molecule has 0 unspecified atom stereocenters. The van der Waals surface area contributed by atoms with E-state index in [2.05, 4.69) is 4.98 Å². The summed E-state index contributed by atoms with van der Waals surface area (Å²) in [6, 6.07) is 14.8. The van der Waals surface area contributed by atoms with E-state index in [1.54, 1.807) is 29.9 Å². The molecule has 0 radical (unpaired) electrons. The molecule has 146 valence electrons. The summed E-state index contributed by atoms with van der Waals surface area (Å²) in [5.74, 6) is 0.242. The van der Waals surface area contributed by atoms with E-state index in [4.69, 9.17) is 9.47 Å². The number of carbonyl (C=O) groups is 1. The predicted molar refractivity (Wildman–Crippen MR) is 110 cm³/mol. The molecule has 0 aliphatic heterocycles. The molecule has 1 aromatic heterocycles. The number of ether oxygens (including phenoxy) is 2. The third-order valence-electron chi connectivity index (χ3n) is 4.28. The fourth-order valence-corrected chi connectivity index (χ4v) is 3.82. The summed E-state index contributed by atoms with van der Waals surface area (Å²) in [7, 11) is 2.97. The minimum absolute atomic E-state index is 0.118. The average Bonchev–Trinajstić information content (AvgIpc) is 2.74. The highest BCUT2D eigenvalue weighted by molar-refractivity contribution is 7.98. The van der Waals surface area contributed by atoms with E-state index in [1.165, 1.54) is 18.9 Å². The van der Waals surface area contributed by atoms with Crippen LogP contribution in [0.25, 0.3) is 10.9 Å². The van der Waals surface area contributed by atoms with Crippen LogP contribution in [0.2, 0.25) is 0 Å². The van der Waals surface area contributed by atoms with Gasteiger partial charge in [0, 0.05) is 26.0 Å². The monoisotopic (exact) mass is 398 g/mol. The van der Waals surface area contributed by atoms with Crippen LogP contribution in [-0.4, -0.2) is 36.3 Å². The Hall–Kier alpha value is -2.64. The van der Waals surface area contributed by atoms with Crippen molar-refractivity contribution in [2.24, 2.45) is 0 Å². The van der Waals surface area contributed by atoms with Crippen LogP contribution in [0.5, 0.6) is 0 Å². The van der Waals surface area contributed by atoms with Crippen molar-refractivity contribution in [2.75, 3.05) is 20.8 Å². The Kier molecular flexibility index (Phi) is 6.84. The number of hydrogen-bond acceptors (Lipinski definition) is 6. The number of thioether (sulfide) groups is 1. The van der Waals surface area contributed by atoms with Gasteiger partial charge in [0.1, 0.15) is 0 Å². The van der Waals surface area contributed by atoms with Gasteiger partial charge in [0.25, 0.3) is 5.56 Å². The maximum Gasteiger partial charge on any atom is 0.337 e. The minimum atomic E-state index is -0.452. The van der Waals surface area contributed by atoms with Crippen molar-refractivity contribution in [1.82, 2.24) is 9.55 Å². The number of aromatic nitrogens is 2. The average molecular weight is 398 g/mol.